The minimum absolute atomic E-state index is 0.421. The van der Waals surface area contributed by atoms with Gasteiger partial charge in [-0.3, -0.25) is 0 Å². The second kappa shape index (κ2) is 6.46. The number of rotatable bonds is 6. The maximum Gasteiger partial charge on any atom is 0.0757 e. The van der Waals surface area contributed by atoms with Gasteiger partial charge in [0.15, 0.2) is 0 Å². The van der Waals surface area contributed by atoms with Crippen molar-refractivity contribution in [3.05, 3.63) is 34.9 Å². The maximum atomic E-state index is 6.00. The predicted octanol–water partition coefficient (Wildman–Crippen LogP) is 4.34. The predicted molar refractivity (Wildman–Crippen MR) is 83.1 cm³/mol. The van der Waals surface area contributed by atoms with Gasteiger partial charge in [0, 0.05) is 23.7 Å². The Hall–Kier alpha value is -0.570. The van der Waals surface area contributed by atoms with Crippen molar-refractivity contribution in [3.8, 4) is 0 Å². The average Bonchev–Trinajstić information content (AvgIpc) is 3.19. The van der Waals surface area contributed by atoms with Crippen LogP contribution in [-0.4, -0.2) is 18.8 Å². The van der Waals surface area contributed by atoms with Crippen LogP contribution in [0.4, 0.5) is 0 Å². The van der Waals surface area contributed by atoms with E-state index in [0.29, 0.717) is 18.2 Å². The van der Waals surface area contributed by atoms with Crippen LogP contribution in [0.1, 0.15) is 50.6 Å². The van der Waals surface area contributed by atoms with Crippen LogP contribution in [0.25, 0.3) is 0 Å². The van der Waals surface area contributed by atoms with E-state index in [-0.39, 0.29) is 0 Å². The highest BCUT2D eigenvalue weighted by Gasteiger charge is 2.41. The molecule has 0 amide bonds. The molecule has 3 rings (SSSR count). The standard InChI is InChI=1S/C17H24ClNO/c1-2-3-15(12-6-8-14(18)9-7-12)19-16-10-11-20-17(16)13-4-5-13/h6-9,13,15-17,19H,2-5,10-11H2,1H3. The van der Waals surface area contributed by atoms with E-state index in [9.17, 15) is 0 Å². The number of ether oxygens (including phenoxy) is 1. The molecule has 1 aliphatic carbocycles. The van der Waals surface area contributed by atoms with Crippen LogP contribution >= 0.6 is 11.6 Å². The molecule has 3 atom stereocenters. The molecule has 2 aliphatic rings. The van der Waals surface area contributed by atoms with Gasteiger partial charge in [0.1, 0.15) is 0 Å². The summed E-state index contributed by atoms with van der Waals surface area (Å²) in [7, 11) is 0. The van der Waals surface area contributed by atoms with Gasteiger partial charge < -0.3 is 10.1 Å². The highest BCUT2D eigenvalue weighted by Crippen LogP contribution is 2.39. The fraction of sp³-hybridized carbons (Fsp3) is 0.647. The fourth-order valence-electron chi connectivity index (χ4n) is 3.27. The Kier molecular flexibility index (Phi) is 4.65. The summed E-state index contributed by atoms with van der Waals surface area (Å²) in [5, 5.41) is 4.67. The molecule has 1 saturated carbocycles. The van der Waals surface area contributed by atoms with E-state index in [1.807, 2.05) is 12.1 Å². The smallest absolute Gasteiger partial charge is 0.0757 e. The zero-order valence-electron chi connectivity index (χ0n) is 12.1. The van der Waals surface area contributed by atoms with E-state index >= 15 is 0 Å². The highest BCUT2D eigenvalue weighted by atomic mass is 35.5. The first-order valence-corrected chi connectivity index (χ1v) is 8.29. The lowest BCUT2D eigenvalue weighted by molar-refractivity contribution is 0.0785. The molecule has 20 heavy (non-hydrogen) atoms. The van der Waals surface area contributed by atoms with Gasteiger partial charge in [-0.25, -0.2) is 0 Å². The molecular formula is C17H24ClNO. The number of halogens is 1. The lowest BCUT2D eigenvalue weighted by Gasteiger charge is -2.26. The molecule has 3 unspecified atom stereocenters. The Bertz CT molecular complexity index is 429. The topological polar surface area (TPSA) is 21.3 Å². The lowest BCUT2D eigenvalue weighted by Crippen LogP contribution is -2.40. The van der Waals surface area contributed by atoms with Crippen LogP contribution in [0.2, 0.25) is 5.02 Å². The summed E-state index contributed by atoms with van der Waals surface area (Å²) >= 11 is 6.00. The third kappa shape index (κ3) is 3.36. The van der Waals surface area contributed by atoms with Gasteiger partial charge in [0.05, 0.1) is 6.10 Å². The second-order valence-corrected chi connectivity index (χ2v) is 6.56. The average molecular weight is 294 g/mol. The normalized spacial score (nSPS) is 27.7. The number of benzene rings is 1. The maximum absolute atomic E-state index is 6.00. The summed E-state index contributed by atoms with van der Waals surface area (Å²) in [6, 6.07) is 9.23. The molecule has 0 aromatic heterocycles. The molecule has 110 valence electrons. The molecule has 1 heterocycles. The molecule has 0 spiro atoms. The number of hydrogen-bond acceptors (Lipinski definition) is 2. The van der Waals surface area contributed by atoms with Gasteiger partial charge >= 0.3 is 0 Å². The summed E-state index contributed by atoms with van der Waals surface area (Å²) in [6.45, 7) is 3.16. The van der Waals surface area contributed by atoms with E-state index in [2.05, 4.69) is 24.4 Å². The van der Waals surface area contributed by atoms with Gasteiger partial charge in [0.2, 0.25) is 0 Å². The molecule has 3 heteroatoms. The van der Waals surface area contributed by atoms with Crippen molar-refractivity contribution in [3.63, 3.8) is 0 Å². The molecule has 1 aromatic rings. The van der Waals surface area contributed by atoms with Crippen molar-refractivity contribution >= 4 is 11.6 Å². The Morgan fingerprint density at radius 3 is 2.65 bits per heavy atom. The SMILES string of the molecule is CCCC(NC1CCOC1C1CC1)c1ccc(Cl)cc1. The molecule has 1 aliphatic heterocycles. The summed E-state index contributed by atoms with van der Waals surface area (Å²) in [5.41, 5.74) is 1.35. The first-order valence-electron chi connectivity index (χ1n) is 7.91. The molecule has 2 fully saturated rings. The van der Waals surface area contributed by atoms with Crippen molar-refractivity contribution in [2.24, 2.45) is 5.92 Å². The third-order valence-electron chi connectivity index (χ3n) is 4.49. The van der Waals surface area contributed by atoms with E-state index in [0.717, 1.165) is 30.4 Å². The lowest BCUT2D eigenvalue weighted by atomic mass is 9.98. The summed E-state index contributed by atoms with van der Waals surface area (Å²) in [6.07, 6.45) is 6.64. The van der Waals surface area contributed by atoms with Crippen molar-refractivity contribution < 1.29 is 4.74 Å². The molecule has 2 nitrogen and oxygen atoms in total. The van der Waals surface area contributed by atoms with Gasteiger partial charge in [-0.2, -0.15) is 0 Å². The van der Waals surface area contributed by atoms with Crippen LogP contribution < -0.4 is 5.32 Å². The molecule has 1 saturated heterocycles. The van der Waals surface area contributed by atoms with Gasteiger partial charge in [-0.15, -0.1) is 0 Å². The number of nitrogens with one attached hydrogen (secondary N) is 1. The van der Waals surface area contributed by atoms with E-state index in [1.165, 1.54) is 24.8 Å². The van der Waals surface area contributed by atoms with Crippen LogP contribution in [0.3, 0.4) is 0 Å². The summed E-state index contributed by atoms with van der Waals surface area (Å²) in [5.74, 6) is 0.808. The van der Waals surface area contributed by atoms with Gasteiger partial charge in [0.25, 0.3) is 0 Å². The van der Waals surface area contributed by atoms with Crippen molar-refractivity contribution in [2.75, 3.05) is 6.61 Å². The minimum atomic E-state index is 0.421. The van der Waals surface area contributed by atoms with Gasteiger partial charge in [-0.1, -0.05) is 37.1 Å². The van der Waals surface area contributed by atoms with Crippen LogP contribution in [0, 0.1) is 5.92 Å². The summed E-state index contributed by atoms with van der Waals surface area (Å²) < 4.78 is 5.94. The molecule has 1 aromatic carbocycles. The van der Waals surface area contributed by atoms with E-state index in [1.54, 1.807) is 0 Å². The van der Waals surface area contributed by atoms with Crippen molar-refractivity contribution in [1.82, 2.24) is 5.32 Å². The fourth-order valence-corrected chi connectivity index (χ4v) is 3.39. The van der Waals surface area contributed by atoms with Crippen LogP contribution in [-0.2, 0) is 4.74 Å². The zero-order valence-corrected chi connectivity index (χ0v) is 12.9. The monoisotopic (exact) mass is 293 g/mol. The zero-order chi connectivity index (χ0) is 13.9. The first-order chi connectivity index (χ1) is 9.78. The second-order valence-electron chi connectivity index (χ2n) is 6.13. The van der Waals surface area contributed by atoms with Crippen molar-refractivity contribution in [1.29, 1.82) is 0 Å². The highest BCUT2D eigenvalue weighted by molar-refractivity contribution is 6.30. The first kappa shape index (κ1) is 14.4. The van der Waals surface area contributed by atoms with Crippen LogP contribution in [0.5, 0.6) is 0 Å². The molecule has 0 bridgehead atoms. The largest absolute Gasteiger partial charge is 0.376 e. The third-order valence-corrected chi connectivity index (χ3v) is 4.74. The Labute approximate surface area is 126 Å². The summed E-state index contributed by atoms with van der Waals surface area (Å²) in [4.78, 5) is 0. The Morgan fingerprint density at radius 1 is 1.25 bits per heavy atom. The quantitative estimate of drug-likeness (QED) is 0.842. The van der Waals surface area contributed by atoms with E-state index in [4.69, 9.17) is 16.3 Å². The van der Waals surface area contributed by atoms with Crippen molar-refractivity contribution in [2.45, 2.75) is 57.2 Å². The van der Waals surface area contributed by atoms with Crippen LogP contribution in [0.15, 0.2) is 24.3 Å². The minimum Gasteiger partial charge on any atom is -0.376 e. The Morgan fingerprint density at radius 2 is 2.00 bits per heavy atom. The number of hydrogen-bond donors (Lipinski definition) is 1. The molecule has 0 radical (unpaired) electrons. The van der Waals surface area contributed by atoms with Gasteiger partial charge in [-0.05, 0) is 49.3 Å². The molecular weight excluding hydrogens is 270 g/mol. The van der Waals surface area contributed by atoms with E-state index < -0.39 is 0 Å². The Balaban J connectivity index is 1.68. The molecule has 1 N–H and O–H groups in total.